The van der Waals surface area contributed by atoms with Crippen molar-refractivity contribution in [2.24, 2.45) is 5.84 Å². The molecule has 2 heterocycles. The number of aromatic nitrogens is 2. The van der Waals surface area contributed by atoms with Crippen molar-refractivity contribution < 1.29 is 4.92 Å². The van der Waals surface area contributed by atoms with E-state index in [0.717, 1.165) is 25.9 Å². The number of anilines is 2. The second-order valence-electron chi connectivity index (χ2n) is 4.54. The van der Waals surface area contributed by atoms with Crippen molar-refractivity contribution >= 4 is 17.3 Å². The summed E-state index contributed by atoms with van der Waals surface area (Å²) in [5.41, 5.74) is 2.00. The minimum absolute atomic E-state index is 0.00966. The van der Waals surface area contributed by atoms with Crippen molar-refractivity contribution in [1.29, 1.82) is 0 Å². The molecule has 19 heavy (non-hydrogen) atoms. The van der Waals surface area contributed by atoms with Crippen molar-refractivity contribution in [3.8, 4) is 0 Å². The molecule has 1 aliphatic rings. The maximum Gasteiger partial charge on any atom is 0.354 e. The minimum atomic E-state index is -0.535. The summed E-state index contributed by atoms with van der Waals surface area (Å²) < 4.78 is 0. The van der Waals surface area contributed by atoms with Gasteiger partial charge in [-0.3, -0.25) is 10.1 Å². The van der Waals surface area contributed by atoms with Crippen molar-refractivity contribution in [2.45, 2.75) is 18.9 Å². The first-order valence-corrected chi connectivity index (χ1v) is 6.03. The van der Waals surface area contributed by atoms with Crippen LogP contribution in [0.4, 0.5) is 17.3 Å². The van der Waals surface area contributed by atoms with E-state index >= 15 is 0 Å². The summed E-state index contributed by atoms with van der Waals surface area (Å²) in [6.07, 6.45) is 3.09. The van der Waals surface area contributed by atoms with Gasteiger partial charge in [0.05, 0.1) is 4.92 Å². The molecule has 0 bridgehead atoms. The van der Waals surface area contributed by atoms with Gasteiger partial charge >= 0.3 is 5.69 Å². The summed E-state index contributed by atoms with van der Waals surface area (Å²) in [4.78, 5) is 20.5. The van der Waals surface area contributed by atoms with E-state index in [-0.39, 0.29) is 23.4 Å². The lowest BCUT2D eigenvalue weighted by molar-refractivity contribution is -0.383. The van der Waals surface area contributed by atoms with Gasteiger partial charge in [0.1, 0.15) is 6.33 Å². The number of hydrogen-bond donors (Lipinski definition) is 3. The third kappa shape index (κ3) is 3.06. The van der Waals surface area contributed by atoms with Crippen LogP contribution in [0.3, 0.4) is 0 Å². The molecule has 2 rings (SSSR count). The van der Waals surface area contributed by atoms with Crippen LogP contribution < -0.4 is 16.6 Å². The van der Waals surface area contributed by atoms with Crippen LogP contribution in [0.25, 0.3) is 0 Å². The fourth-order valence-corrected chi connectivity index (χ4v) is 2.11. The van der Waals surface area contributed by atoms with E-state index in [9.17, 15) is 10.1 Å². The van der Waals surface area contributed by atoms with E-state index in [1.807, 2.05) is 0 Å². The molecule has 9 nitrogen and oxygen atoms in total. The van der Waals surface area contributed by atoms with Crippen LogP contribution in [0.1, 0.15) is 12.8 Å². The van der Waals surface area contributed by atoms with Gasteiger partial charge in [0.25, 0.3) is 0 Å². The van der Waals surface area contributed by atoms with Gasteiger partial charge in [0.2, 0.25) is 11.6 Å². The van der Waals surface area contributed by atoms with Crippen LogP contribution in [-0.4, -0.2) is 46.0 Å². The number of rotatable bonds is 4. The number of nitrogen functional groups attached to an aromatic ring is 1. The average molecular weight is 267 g/mol. The predicted molar refractivity (Wildman–Crippen MR) is 70.6 cm³/mol. The standard InChI is InChI=1S/C10H17N7O2/c1-16-4-2-7(3-5-16)14-9-8(17(18)19)10(15-11)13-6-12-9/h6-7H,2-5,11H2,1H3,(H2,12,13,14,15). The summed E-state index contributed by atoms with van der Waals surface area (Å²) in [7, 11) is 2.06. The van der Waals surface area contributed by atoms with E-state index in [1.54, 1.807) is 0 Å². The molecule has 0 saturated carbocycles. The van der Waals surface area contributed by atoms with Crippen molar-refractivity contribution in [2.75, 3.05) is 30.9 Å². The van der Waals surface area contributed by atoms with Gasteiger partial charge in [-0.15, -0.1) is 0 Å². The van der Waals surface area contributed by atoms with E-state index in [4.69, 9.17) is 5.84 Å². The third-order valence-electron chi connectivity index (χ3n) is 3.20. The molecule has 0 spiro atoms. The zero-order chi connectivity index (χ0) is 13.8. The molecule has 1 fully saturated rings. The highest BCUT2D eigenvalue weighted by atomic mass is 16.6. The fourth-order valence-electron chi connectivity index (χ4n) is 2.11. The first-order valence-electron chi connectivity index (χ1n) is 6.03. The van der Waals surface area contributed by atoms with Crippen molar-refractivity contribution in [3.05, 3.63) is 16.4 Å². The van der Waals surface area contributed by atoms with Gasteiger partial charge in [-0.05, 0) is 33.0 Å². The number of piperidine rings is 1. The average Bonchev–Trinajstić information content (AvgIpc) is 2.40. The second kappa shape index (κ2) is 5.76. The third-order valence-corrected chi connectivity index (χ3v) is 3.20. The quantitative estimate of drug-likeness (QED) is 0.401. The molecule has 9 heteroatoms. The molecule has 0 amide bonds. The highest BCUT2D eigenvalue weighted by Crippen LogP contribution is 2.29. The summed E-state index contributed by atoms with van der Waals surface area (Å²) in [6.45, 7) is 1.91. The lowest BCUT2D eigenvalue weighted by Crippen LogP contribution is -2.37. The second-order valence-corrected chi connectivity index (χ2v) is 4.54. The Bertz CT molecular complexity index is 459. The number of likely N-dealkylation sites (tertiary alicyclic amines) is 1. The lowest BCUT2D eigenvalue weighted by atomic mass is 10.1. The minimum Gasteiger partial charge on any atom is -0.361 e. The molecular weight excluding hydrogens is 250 g/mol. The highest BCUT2D eigenvalue weighted by Gasteiger charge is 2.25. The van der Waals surface area contributed by atoms with Crippen LogP contribution in [0.5, 0.6) is 0 Å². The maximum atomic E-state index is 11.1. The Kier molecular flexibility index (Phi) is 4.07. The largest absolute Gasteiger partial charge is 0.361 e. The van der Waals surface area contributed by atoms with Gasteiger partial charge in [-0.2, -0.15) is 0 Å². The van der Waals surface area contributed by atoms with E-state index < -0.39 is 4.92 Å². The molecule has 0 aliphatic carbocycles. The van der Waals surface area contributed by atoms with Crippen LogP contribution >= 0.6 is 0 Å². The number of nitrogens with zero attached hydrogens (tertiary/aromatic N) is 4. The maximum absolute atomic E-state index is 11.1. The van der Waals surface area contributed by atoms with E-state index in [0.29, 0.717) is 0 Å². The number of hydrogen-bond acceptors (Lipinski definition) is 8. The van der Waals surface area contributed by atoms with E-state index in [1.165, 1.54) is 6.33 Å². The molecule has 1 aromatic rings. The smallest absolute Gasteiger partial charge is 0.354 e. The monoisotopic (exact) mass is 267 g/mol. The van der Waals surface area contributed by atoms with Gasteiger partial charge in [-0.25, -0.2) is 15.8 Å². The molecule has 1 aromatic heterocycles. The summed E-state index contributed by atoms with van der Waals surface area (Å²) in [6, 6.07) is 0.176. The molecule has 0 aromatic carbocycles. The Morgan fingerprint density at radius 3 is 2.63 bits per heavy atom. The topological polar surface area (TPSA) is 122 Å². The first kappa shape index (κ1) is 13.4. The normalized spacial score (nSPS) is 17.2. The molecule has 1 aliphatic heterocycles. The Labute approximate surface area is 110 Å². The molecule has 4 N–H and O–H groups in total. The number of nitrogens with two attached hydrogens (primary N) is 1. The zero-order valence-electron chi connectivity index (χ0n) is 10.7. The summed E-state index contributed by atoms with van der Waals surface area (Å²) in [5.74, 6) is 5.45. The Balaban J connectivity index is 2.17. The van der Waals surface area contributed by atoms with Gasteiger partial charge in [-0.1, -0.05) is 0 Å². The summed E-state index contributed by atoms with van der Waals surface area (Å²) >= 11 is 0. The van der Waals surface area contributed by atoms with Crippen LogP contribution in [0, 0.1) is 10.1 Å². The Hall–Kier alpha value is -2.00. The van der Waals surface area contributed by atoms with Crippen molar-refractivity contribution in [3.63, 3.8) is 0 Å². The van der Waals surface area contributed by atoms with Crippen LogP contribution in [0.2, 0.25) is 0 Å². The number of nitrogens with one attached hydrogen (secondary N) is 2. The molecule has 0 unspecified atom stereocenters. The zero-order valence-corrected chi connectivity index (χ0v) is 10.7. The molecule has 0 radical (unpaired) electrons. The van der Waals surface area contributed by atoms with Crippen LogP contribution in [-0.2, 0) is 0 Å². The molecule has 1 saturated heterocycles. The van der Waals surface area contributed by atoms with Crippen LogP contribution in [0.15, 0.2) is 6.33 Å². The SMILES string of the molecule is CN1CCC(Nc2ncnc(NN)c2[N+](=O)[O-])CC1. The highest BCUT2D eigenvalue weighted by molar-refractivity contribution is 5.69. The van der Waals surface area contributed by atoms with Gasteiger partial charge in [0, 0.05) is 6.04 Å². The first-order chi connectivity index (χ1) is 9.11. The Morgan fingerprint density at radius 2 is 2.05 bits per heavy atom. The number of hydrazine groups is 1. The van der Waals surface area contributed by atoms with E-state index in [2.05, 4.69) is 32.7 Å². The van der Waals surface area contributed by atoms with Crippen molar-refractivity contribution in [1.82, 2.24) is 14.9 Å². The molecular formula is C10H17N7O2. The predicted octanol–water partition coefficient (Wildman–Crippen LogP) is 0.177. The lowest BCUT2D eigenvalue weighted by Gasteiger charge is -2.29. The summed E-state index contributed by atoms with van der Waals surface area (Å²) in [5, 5.41) is 14.2. The Morgan fingerprint density at radius 1 is 1.42 bits per heavy atom. The fraction of sp³-hybridized carbons (Fsp3) is 0.600. The molecule has 104 valence electrons. The molecule has 0 atom stereocenters. The van der Waals surface area contributed by atoms with Gasteiger partial charge < -0.3 is 15.6 Å². The van der Waals surface area contributed by atoms with Gasteiger partial charge in [0.15, 0.2) is 0 Å². The number of nitro groups is 1.